The Hall–Kier alpha value is -3.66. The maximum absolute atomic E-state index is 13.6. The monoisotopic (exact) mass is 558 g/mol. The average Bonchev–Trinajstić information content (AvgIpc) is 3.33. The predicted octanol–water partition coefficient (Wildman–Crippen LogP) is 3.57. The highest BCUT2D eigenvalue weighted by atomic mass is 32.2. The van der Waals surface area contributed by atoms with E-state index >= 15 is 0 Å². The molecule has 40 heavy (non-hydrogen) atoms. The van der Waals surface area contributed by atoms with Gasteiger partial charge in [0, 0.05) is 43.5 Å². The first kappa shape index (κ1) is 26.6. The van der Waals surface area contributed by atoms with Gasteiger partial charge in [-0.05, 0) is 37.1 Å². The Morgan fingerprint density at radius 1 is 0.925 bits per heavy atom. The number of hydrogen-bond acceptors (Lipinski definition) is 7. The summed E-state index contributed by atoms with van der Waals surface area (Å²) in [6.07, 6.45) is 5.57. The van der Waals surface area contributed by atoms with Crippen molar-refractivity contribution in [3.63, 3.8) is 0 Å². The molecule has 1 saturated heterocycles. The Labute approximate surface area is 238 Å². The number of hydrogen-bond donors (Lipinski definition) is 1. The second-order valence-corrected chi connectivity index (χ2v) is 11.6. The quantitative estimate of drug-likeness (QED) is 0.585. The molecule has 2 fully saturated rings. The molecule has 3 amide bonds. The lowest BCUT2D eigenvalue weighted by Crippen LogP contribution is -2.50. The third-order valence-electron chi connectivity index (χ3n) is 7.97. The number of benzene rings is 2. The zero-order valence-electron chi connectivity index (χ0n) is 22.5. The minimum absolute atomic E-state index is 0.0203. The molecule has 4 aliphatic rings. The van der Waals surface area contributed by atoms with Gasteiger partial charge in [-0.1, -0.05) is 61.4 Å². The molecule has 0 unspecified atom stereocenters. The molecule has 0 aromatic heterocycles. The van der Waals surface area contributed by atoms with E-state index in [4.69, 9.17) is 9.98 Å². The molecule has 3 aliphatic heterocycles. The van der Waals surface area contributed by atoms with Gasteiger partial charge in [0.25, 0.3) is 5.91 Å². The van der Waals surface area contributed by atoms with Crippen molar-refractivity contribution in [2.75, 3.05) is 36.8 Å². The fourth-order valence-corrected chi connectivity index (χ4v) is 6.64. The topological polar surface area (TPSA) is 97.7 Å². The summed E-state index contributed by atoms with van der Waals surface area (Å²) in [5.41, 5.74) is 2.63. The van der Waals surface area contributed by atoms with E-state index in [1.807, 2.05) is 47.4 Å². The molecular formula is C30H34N6O3S. The minimum atomic E-state index is -0.803. The van der Waals surface area contributed by atoms with Crippen molar-refractivity contribution in [2.45, 2.75) is 50.6 Å². The number of carbonyl (C=O) groups excluding carboxylic acids is 3. The fraction of sp³-hybridized carbons (Fsp3) is 0.433. The molecule has 2 aromatic rings. The number of aliphatic imine (C=N–C) groups is 2. The standard InChI is InChI=1S/C30H34N6O3S/c37-26(31-21-9-3-1-4-10-21)20-40-30-33-24-14-8-7-13-23(24)28-32-25(29(39)36(28)30)19-27(38)35-17-15-34(16-18-35)22-11-5-2-6-12-22/h2,5-8,11-14,21,25H,1,3-4,9-10,15-20H2,(H,31,37)/t25-/m0/s1. The molecule has 2 aromatic carbocycles. The van der Waals surface area contributed by atoms with Crippen LogP contribution in [0.1, 0.15) is 44.1 Å². The molecule has 1 N–H and O–H groups in total. The molecule has 208 valence electrons. The number of fused-ring (bicyclic) bond motifs is 3. The number of nitrogens with one attached hydrogen (secondary N) is 1. The second kappa shape index (κ2) is 11.8. The first-order valence-corrected chi connectivity index (χ1v) is 15.1. The minimum Gasteiger partial charge on any atom is -0.368 e. The van der Waals surface area contributed by atoms with Gasteiger partial charge in [-0.25, -0.2) is 9.89 Å². The van der Waals surface area contributed by atoms with Crippen LogP contribution in [0.4, 0.5) is 11.4 Å². The Bertz CT molecular complexity index is 1330. The molecule has 1 saturated carbocycles. The normalized spacial score (nSPS) is 20.9. The van der Waals surface area contributed by atoms with Gasteiger partial charge in [0.05, 0.1) is 17.9 Å². The first-order chi connectivity index (χ1) is 19.6. The molecule has 10 heteroatoms. The lowest BCUT2D eigenvalue weighted by Gasteiger charge is -2.36. The maximum Gasteiger partial charge on any atom is 0.259 e. The van der Waals surface area contributed by atoms with Crippen molar-refractivity contribution in [3.05, 3.63) is 60.2 Å². The predicted molar refractivity (Wildman–Crippen MR) is 158 cm³/mol. The van der Waals surface area contributed by atoms with Crippen molar-refractivity contribution in [1.82, 2.24) is 15.1 Å². The van der Waals surface area contributed by atoms with Crippen LogP contribution < -0.4 is 10.2 Å². The van der Waals surface area contributed by atoms with E-state index in [0.29, 0.717) is 29.8 Å². The van der Waals surface area contributed by atoms with Crippen molar-refractivity contribution in [2.24, 2.45) is 9.98 Å². The number of rotatable bonds is 6. The van der Waals surface area contributed by atoms with Crippen molar-refractivity contribution in [3.8, 4) is 0 Å². The number of carbonyl (C=O) groups is 3. The molecular weight excluding hydrogens is 524 g/mol. The summed E-state index contributed by atoms with van der Waals surface area (Å²) in [6.45, 7) is 2.71. The van der Waals surface area contributed by atoms with Gasteiger partial charge < -0.3 is 15.1 Å². The number of amidine groups is 2. The summed E-state index contributed by atoms with van der Waals surface area (Å²) in [7, 11) is 0. The van der Waals surface area contributed by atoms with Crippen LogP contribution in [0.3, 0.4) is 0 Å². The van der Waals surface area contributed by atoms with Gasteiger partial charge in [-0.15, -0.1) is 0 Å². The SMILES string of the molecule is O=C(CSC1=Nc2ccccc2C2=N[C@@H](CC(=O)N3CCN(c4ccccc4)CC3)C(=O)N12)NC1CCCCC1. The van der Waals surface area contributed by atoms with E-state index < -0.39 is 6.04 Å². The Morgan fingerprint density at radius 3 is 2.42 bits per heavy atom. The van der Waals surface area contributed by atoms with Crippen LogP contribution >= 0.6 is 11.8 Å². The van der Waals surface area contributed by atoms with E-state index in [1.54, 1.807) is 0 Å². The summed E-state index contributed by atoms with van der Waals surface area (Å²) >= 11 is 1.25. The highest BCUT2D eigenvalue weighted by Gasteiger charge is 2.42. The van der Waals surface area contributed by atoms with Crippen LogP contribution in [0.5, 0.6) is 0 Å². The maximum atomic E-state index is 13.6. The number of thioether (sulfide) groups is 1. The lowest BCUT2D eigenvalue weighted by molar-refractivity contribution is -0.135. The van der Waals surface area contributed by atoms with E-state index in [1.165, 1.54) is 23.1 Å². The highest BCUT2D eigenvalue weighted by Crippen LogP contribution is 2.34. The van der Waals surface area contributed by atoms with Crippen LogP contribution in [-0.2, 0) is 14.4 Å². The van der Waals surface area contributed by atoms with Gasteiger partial charge >= 0.3 is 0 Å². The smallest absolute Gasteiger partial charge is 0.259 e. The highest BCUT2D eigenvalue weighted by molar-refractivity contribution is 8.14. The Morgan fingerprint density at radius 2 is 1.65 bits per heavy atom. The Kier molecular flexibility index (Phi) is 7.86. The molecule has 1 aliphatic carbocycles. The molecule has 9 nitrogen and oxygen atoms in total. The van der Waals surface area contributed by atoms with E-state index in [0.717, 1.165) is 50.0 Å². The van der Waals surface area contributed by atoms with Gasteiger partial charge in [0.2, 0.25) is 11.8 Å². The number of amides is 3. The number of para-hydroxylation sites is 2. The van der Waals surface area contributed by atoms with Gasteiger partial charge in [-0.2, -0.15) is 0 Å². The van der Waals surface area contributed by atoms with E-state index in [9.17, 15) is 14.4 Å². The van der Waals surface area contributed by atoms with Crippen molar-refractivity contribution >= 4 is 51.9 Å². The lowest BCUT2D eigenvalue weighted by atomic mass is 9.95. The largest absolute Gasteiger partial charge is 0.368 e. The summed E-state index contributed by atoms with van der Waals surface area (Å²) in [5.74, 6) is 0.299. The summed E-state index contributed by atoms with van der Waals surface area (Å²) in [5, 5.41) is 3.57. The van der Waals surface area contributed by atoms with Crippen molar-refractivity contribution < 1.29 is 14.4 Å². The van der Waals surface area contributed by atoms with Crippen LogP contribution in [0, 0.1) is 0 Å². The second-order valence-electron chi connectivity index (χ2n) is 10.7. The molecule has 6 rings (SSSR count). The van der Waals surface area contributed by atoms with E-state index in [2.05, 4.69) is 22.3 Å². The fourth-order valence-electron chi connectivity index (χ4n) is 5.83. The molecule has 1 atom stereocenters. The molecule has 0 spiro atoms. The number of anilines is 1. The van der Waals surface area contributed by atoms with Crippen molar-refractivity contribution in [1.29, 1.82) is 0 Å². The Balaban J connectivity index is 1.11. The van der Waals surface area contributed by atoms with Crippen LogP contribution in [0.15, 0.2) is 64.6 Å². The summed E-state index contributed by atoms with van der Waals surface area (Å²) in [6, 6.07) is 17.2. The number of nitrogens with zero attached hydrogens (tertiary/aromatic N) is 5. The van der Waals surface area contributed by atoms with Crippen LogP contribution in [0.25, 0.3) is 0 Å². The number of piperazine rings is 1. The van der Waals surface area contributed by atoms with Gasteiger partial charge in [0.1, 0.15) is 11.9 Å². The van der Waals surface area contributed by atoms with Crippen LogP contribution in [-0.4, -0.2) is 82.5 Å². The third-order valence-corrected chi connectivity index (χ3v) is 8.91. The molecule has 0 bridgehead atoms. The van der Waals surface area contributed by atoms with Gasteiger partial charge in [-0.3, -0.25) is 19.4 Å². The van der Waals surface area contributed by atoms with E-state index in [-0.39, 0.29) is 35.9 Å². The van der Waals surface area contributed by atoms with Gasteiger partial charge in [0.15, 0.2) is 5.17 Å². The summed E-state index contributed by atoms with van der Waals surface area (Å²) in [4.78, 5) is 54.6. The zero-order chi connectivity index (χ0) is 27.5. The third kappa shape index (κ3) is 5.63. The molecule has 3 heterocycles. The summed E-state index contributed by atoms with van der Waals surface area (Å²) < 4.78 is 0. The average molecular weight is 559 g/mol. The first-order valence-electron chi connectivity index (χ1n) is 14.2. The molecule has 0 radical (unpaired) electrons. The van der Waals surface area contributed by atoms with Crippen LogP contribution in [0.2, 0.25) is 0 Å². The zero-order valence-corrected chi connectivity index (χ0v) is 23.3.